The first-order valence-electron chi connectivity index (χ1n) is 10.6. The summed E-state index contributed by atoms with van der Waals surface area (Å²) in [5.74, 6) is -0.818. The second kappa shape index (κ2) is 10.3. The summed E-state index contributed by atoms with van der Waals surface area (Å²) in [6, 6.07) is 13.4. The number of Topliss-reactive ketones (excluding diaryl/α,β-unsaturated/α-hetero) is 1. The first kappa shape index (κ1) is 23.3. The molecule has 0 aliphatic carbocycles. The molecule has 1 N–H and O–H groups in total. The van der Waals surface area contributed by atoms with E-state index in [4.69, 9.17) is 14.2 Å². The van der Waals surface area contributed by atoms with Crippen molar-refractivity contribution in [2.45, 2.75) is 32.4 Å². The maximum absolute atomic E-state index is 13.1. The molecule has 0 radical (unpaired) electrons. The number of likely N-dealkylation sites (tertiary alicyclic amines) is 1. The van der Waals surface area contributed by atoms with Crippen molar-refractivity contribution in [1.82, 2.24) is 4.90 Å². The number of hydrogen-bond acceptors (Lipinski definition) is 6. The number of ketones is 1. The Morgan fingerprint density at radius 3 is 2.41 bits per heavy atom. The number of aliphatic hydroxyl groups excluding tert-OH is 1. The van der Waals surface area contributed by atoms with Crippen molar-refractivity contribution in [3.63, 3.8) is 0 Å². The zero-order valence-corrected chi connectivity index (χ0v) is 18.8. The number of benzene rings is 2. The van der Waals surface area contributed by atoms with Crippen LogP contribution in [0.25, 0.3) is 5.76 Å². The van der Waals surface area contributed by atoms with Gasteiger partial charge in [-0.3, -0.25) is 9.59 Å². The molecule has 0 aromatic heterocycles. The second-order valence-corrected chi connectivity index (χ2v) is 7.74. The fourth-order valence-electron chi connectivity index (χ4n) is 3.79. The van der Waals surface area contributed by atoms with Crippen LogP contribution in [-0.4, -0.2) is 55.2 Å². The van der Waals surface area contributed by atoms with Gasteiger partial charge in [0, 0.05) is 13.2 Å². The third-order valence-corrected chi connectivity index (χ3v) is 5.31. The van der Waals surface area contributed by atoms with E-state index in [2.05, 4.69) is 0 Å². The summed E-state index contributed by atoms with van der Waals surface area (Å²) in [7, 11) is 2.98. The molecule has 3 rings (SSSR count). The monoisotopic (exact) mass is 439 g/mol. The van der Waals surface area contributed by atoms with Gasteiger partial charge in [-0.15, -0.1) is 0 Å². The van der Waals surface area contributed by atoms with E-state index in [1.54, 1.807) is 18.2 Å². The van der Waals surface area contributed by atoms with Crippen LogP contribution in [0.2, 0.25) is 0 Å². The number of rotatable bonds is 9. The fourth-order valence-corrected chi connectivity index (χ4v) is 3.79. The molecule has 1 amide bonds. The largest absolute Gasteiger partial charge is 0.507 e. The molecule has 1 heterocycles. The smallest absolute Gasteiger partial charge is 0.295 e. The topological polar surface area (TPSA) is 85.3 Å². The Balaban J connectivity index is 2.08. The number of carbonyl (C=O) groups excluding carboxylic acids is 2. The minimum atomic E-state index is -0.731. The molecule has 2 aromatic rings. The third kappa shape index (κ3) is 4.78. The van der Waals surface area contributed by atoms with Gasteiger partial charge in [0.25, 0.3) is 11.7 Å². The van der Waals surface area contributed by atoms with E-state index in [0.717, 1.165) is 5.56 Å². The van der Waals surface area contributed by atoms with Crippen LogP contribution in [0.15, 0.2) is 54.1 Å². The molecule has 1 aliphatic rings. The highest BCUT2D eigenvalue weighted by Crippen LogP contribution is 2.41. The van der Waals surface area contributed by atoms with E-state index in [0.29, 0.717) is 31.1 Å². The lowest BCUT2D eigenvalue weighted by Gasteiger charge is -2.25. The quantitative estimate of drug-likeness (QED) is 0.276. The number of methoxy groups -OCH3 is 2. The van der Waals surface area contributed by atoms with Crippen LogP contribution in [0.1, 0.15) is 37.4 Å². The van der Waals surface area contributed by atoms with Crippen molar-refractivity contribution in [2.24, 2.45) is 0 Å². The van der Waals surface area contributed by atoms with Gasteiger partial charge < -0.3 is 24.2 Å². The average molecular weight is 440 g/mol. The molecule has 170 valence electrons. The summed E-state index contributed by atoms with van der Waals surface area (Å²) in [6.07, 6.45) is 0.646. The van der Waals surface area contributed by atoms with Crippen molar-refractivity contribution in [3.05, 3.63) is 65.2 Å². The Morgan fingerprint density at radius 2 is 1.78 bits per heavy atom. The normalized spacial score (nSPS) is 17.8. The van der Waals surface area contributed by atoms with Crippen LogP contribution >= 0.6 is 0 Å². The molecule has 1 atom stereocenters. The van der Waals surface area contributed by atoms with Gasteiger partial charge in [-0.05, 0) is 44.0 Å². The van der Waals surface area contributed by atoms with E-state index in [-0.39, 0.29) is 23.0 Å². The Bertz CT molecular complexity index is 999. The predicted molar refractivity (Wildman–Crippen MR) is 121 cm³/mol. The highest BCUT2D eigenvalue weighted by Gasteiger charge is 2.46. The van der Waals surface area contributed by atoms with Gasteiger partial charge >= 0.3 is 0 Å². The number of aliphatic hydroxyl groups is 1. The molecule has 7 nitrogen and oxygen atoms in total. The standard InChI is InChI=1S/C25H29NO6/c1-16(2)32-14-8-13-26-22(17-9-6-5-7-10-17)21(24(28)25(26)29)23(27)19-15-18(30-3)11-12-20(19)31-4/h5-7,9-12,15-16,22,27H,8,13-14H2,1-4H3/b23-21+. The Hall–Kier alpha value is -3.32. The number of ether oxygens (including phenoxy) is 3. The lowest BCUT2D eigenvalue weighted by Crippen LogP contribution is -2.31. The zero-order valence-electron chi connectivity index (χ0n) is 18.8. The number of amides is 1. The minimum absolute atomic E-state index is 0.0255. The van der Waals surface area contributed by atoms with Crippen molar-refractivity contribution in [1.29, 1.82) is 0 Å². The molecule has 0 saturated carbocycles. The first-order valence-corrected chi connectivity index (χ1v) is 10.6. The van der Waals surface area contributed by atoms with E-state index in [1.807, 2.05) is 44.2 Å². The molecule has 1 unspecified atom stereocenters. The van der Waals surface area contributed by atoms with E-state index in [1.165, 1.54) is 19.1 Å². The first-order chi connectivity index (χ1) is 15.4. The second-order valence-electron chi connectivity index (χ2n) is 7.74. The molecule has 1 fully saturated rings. The summed E-state index contributed by atoms with van der Waals surface area (Å²) in [5, 5.41) is 11.3. The number of carbonyl (C=O) groups is 2. The molecule has 0 spiro atoms. The van der Waals surface area contributed by atoms with Crippen molar-refractivity contribution < 1.29 is 28.9 Å². The van der Waals surface area contributed by atoms with Crippen LogP contribution in [0, 0.1) is 0 Å². The molecule has 1 saturated heterocycles. The maximum Gasteiger partial charge on any atom is 0.295 e. The van der Waals surface area contributed by atoms with Gasteiger partial charge in [-0.1, -0.05) is 30.3 Å². The Labute approximate surface area is 188 Å². The summed E-state index contributed by atoms with van der Waals surface area (Å²) >= 11 is 0. The molecule has 2 aromatic carbocycles. The van der Waals surface area contributed by atoms with Crippen LogP contribution < -0.4 is 9.47 Å². The lowest BCUT2D eigenvalue weighted by molar-refractivity contribution is -0.140. The molecular formula is C25H29NO6. The maximum atomic E-state index is 13.1. The van der Waals surface area contributed by atoms with E-state index in [9.17, 15) is 14.7 Å². The number of nitrogens with zero attached hydrogens (tertiary/aromatic N) is 1. The van der Waals surface area contributed by atoms with Crippen LogP contribution in [0.3, 0.4) is 0 Å². The predicted octanol–water partition coefficient (Wildman–Crippen LogP) is 3.94. The van der Waals surface area contributed by atoms with Crippen LogP contribution in [-0.2, 0) is 14.3 Å². The van der Waals surface area contributed by atoms with Crippen LogP contribution in [0.5, 0.6) is 11.5 Å². The van der Waals surface area contributed by atoms with Gasteiger partial charge in [0.2, 0.25) is 0 Å². The van der Waals surface area contributed by atoms with Gasteiger partial charge in [0.05, 0.1) is 37.5 Å². The highest BCUT2D eigenvalue weighted by molar-refractivity contribution is 6.46. The van der Waals surface area contributed by atoms with Crippen LogP contribution in [0.4, 0.5) is 0 Å². The highest BCUT2D eigenvalue weighted by atomic mass is 16.5. The van der Waals surface area contributed by atoms with Crippen molar-refractivity contribution in [3.8, 4) is 11.5 Å². The van der Waals surface area contributed by atoms with Crippen molar-refractivity contribution >= 4 is 17.4 Å². The summed E-state index contributed by atoms with van der Waals surface area (Å²) in [6.45, 7) is 4.67. The Kier molecular flexibility index (Phi) is 7.53. The molecule has 7 heteroatoms. The van der Waals surface area contributed by atoms with E-state index >= 15 is 0 Å². The third-order valence-electron chi connectivity index (χ3n) is 5.31. The van der Waals surface area contributed by atoms with Gasteiger partial charge in [0.1, 0.15) is 17.3 Å². The van der Waals surface area contributed by atoms with E-state index < -0.39 is 17.7 Å². The van der Waals surface area contributed by atoms with Gasteiger partial charge in [0.15, 0.2) is 0 Å². The summed E-state index contributed by atoms with van der Waals surface area (Å²) < 4.78 is 16.2. The van der Waals surface area contributed by atoms with Gasteiger partial charge in [-0.2, -0.15) is 0 Å². The average Bonchev–Trinajstić information content (AvgIpc) is 3.06. The number of hydrogen-bond donors (Lipinski definition) is 1. The molecule has 1 aliphatic heterocycles. The minimum Gasteiger partial charge on any atom is -0.507 e. The SMILES string of the molecule is COc1ccc(OC)c(/C(O)=C2\C(=O)C(=O)N(CCCOC(C)C)C2c2ccccc2)c1. The van der Waals surface area contributed by atoms with Crippen molar-refractivity contribution in [2.75, 3.05) is 27.4 Å². The van der Waals surface area contributed by atoms with Gasteiger partial charge in [-0.25, -0.2) is 0 Å². The molecule has 0 bridgehead atoms. The Morgan fingerprint density at radius 1 is 1.06 bits per heavy atom. The summed E-state index contributed by atoms with van der Waals surface area (Å²) in [5.41, 5.74) is 1.05. The fraction of sp³-hybridized carbons (Fsp3) is 0.360. The lowest BCUT2D eigenvalue weighted by atomic mass is 9.95. The molecule has 32 heavy (non-hydrogen) atoms. The molecular weight excluding hydrogens is 410 g/mol. The zero-order chi connectivity index (χ0) is 23.3. The summed E-state index contributed by atoms with van der Waals surface area (Å²) in [4.78, 5) is 27.6.